The molecule has 1 aliphatic rings. The van der Waals surface area contributed by atoms with Gasteiger partial charge in [-0.2, -0.15) is 0 Å². The van der Waals surface area contributed by atoms with Gasteiger partial charge in [0.05, 0.1) is 18.8 Å². The Kier molecular flexibility index (Phi) is 3.33. The van der Waals surface area contributed by atoms with Gasteiger partial charge in [-0.25, -0.2) is 4.79 Å². The summed E-state index contributed by atoms with van der Waals surface area (Å²) in [5.74, 6) is -0.880. The number of nitrogens with zero attached hydrogens (tertiary/aromatic N) is 1. The van der Waals surface area contributed by atoms with Crippen molar-refractivity contribution in [2.24, 2.45) is 0 Å². The van der Waals surface area contributed by atoms with Crippen molar-refractivity contribution in [2.45, 2.75) is 19.9 Å². The fourth-order valence-electron chi connectivity index (χ4n) is 2.20. The summed E-state index contributed by atoms with van der Waals surface area (Å²) in [7, 11) is 0. The molecule has 1 N–H and O–H groups in total. The van der Waals surface area contributed by atoms with Gasteiger partial charge in [0.1, 0.15) is 0 Å². The van der Waals surface area contributed by atoms with Gasteiger partial charge in [-0.1, -0.05) is 0 Å². The van der Waals surface area contributed by atoms with Crippen molar-refractivity contribution in [2.75, 3.05) is 24.7 Å². The van der Waals surface area contributed by atoms with Gasteiger partial charge in [0.25, 0.3) is 0 Å². The Morgan fingerprint density at radius 2 is 2.29 bits per heavy atom. The van der Waals surface area contributed by atoms with Gasteiger partial charge in [-0.15, -0.1) is 0 Å². The van der Waals surface area contributed by atoms with E-state index in [-0.39, 0.29) is 0 Å². The SMILES string of the molecule is Cc1cc(C(=O)O)ccc1N1CCOCC1C. The second-order valence-corrected chi connectivity index (χ2v) is 4.42. The molecule has 17 heavy (non-hydrogen) atoms. The highest BCUT2D eigenvalue weighted by molar-refractivity contribution is 5.88. The van der Waals surface area contributed by atoms with Crippen LogP contribution in [0.1, 0.15) is 22.8 Å². The summed E-state index contributed by atoms with van der Waals surface area (Å²) < 4.78 is 5.40. The number of carboxylic acids is 1. The molecule has 4 nitrogen and oxygen atoms in total. The van der Waals surface area contributed by atoms with Crippen LogP contribution < -0.4 is 4.90 Å². The van der Waals surface area contributed by atoms with E-state index in [1.165, 1.54) is 0 Å². The lowest BCUT2D eigenvalue weighted by molar-refractivity contribution is 0.0696. The molecule has 1 aromatic rings. The molecule has 1 saturated heterocycles. The van der Waals surface area contributed by atoms with Gasteiger partial charge in [0.2, 0.25) is 0 Å². The number of morpholine rings is 1. The Labute approximate surface area is 101 Å². The highest BCUT2D eigenvalue weighted by atomic mass is 16.5. The van der Waals surface area contributed by atoms with E-state index < -0.39 is 5.97 Å². The average molecular weight is 235 g/mol. The van der Waals surface area contributed by atoms with Gasteiger partial charge < -0.3 is 14.7 Å². The summed E-state index contributed by atoms with van der Waals surface area (Å²) in [6.45, 7) is 6.37. The van der Waals surface area contributed by atoms with Gasteiger partial charge in [-0.05, 0) is 37.6 Å². The highest BCUT2D eigenvalue weighted by Crippen LogP contribution is 2.24. The molecule has 92 valence electrons. The minimum Gasteiger partial charge on any atom is -0.478 e. The van der Waals surface area contributed by atoms with Crippen molar-refractivity contribution in [1.82, 2.24) is 0 Å². The molecule has 1 aromatic carbocycles. The first-order chi connectivity index (χ1) is 8.09. The van der Waals surface area contributed by atoms with Crippen LogP contribution in [0.2, 0.25) is 0 Å². The first-order valence-electron chi connectivity index (χ1n) is 5.78. The number of ether oxygens (including phenoxy) is 1. The van der Waals surface area contributed by atoms with E-state index >= 15 is 0 Å². The zero-order valence-corrected chi connectivity index (χ0v) is 10.1. The number of anilines is 1. The summed E-state index contributed by atoms with van der Waals surface area (Å²) in [5, 5.41) is 8.93. The Balaban J connectivity index is 2.29. The smallest absolute Gasteiger partial charge is 0.335 e. The van der Waals surface area contributed by atoms with Crippen molar-refractivity contribution in [3.05, 3.63) is 29.3 Å². The van der Waals surface area contributed by atoms with Gasteiger partial charge in [0.15, 0.2) is 0 Å². The molecule has 0 aromatic heterocycles. The maximum atomic E-state index is 10.9. The number of rotatable bonds is 2. The molecule has 0 amide bonds. The highest BCUT2D eigenvalue weighted by Gasteiger charge is 2.20. The molecule has 1 atom stereocenters. The zero-order chi connectivity index (χ0) is 12.4. The number of benzene rings is 1. The third-order valence-electron chi connectivity index (χ3n) is 3.12. The molecule has 1 unspecified atom stereocenters. The normalized spacial score (nSPS) is 20.4. The lowest BCUT2D eigenvalue weighted by Gasteiger charge is -2.36. The topological polar surface area (TPSA) is 49.8 Å². The predicted octanol–water partition coefficient (Wildman–Crippen LogP) is 1.92. The molecule has 0 aliphatic carbocycles. The van der Waals surface area contributed by atoms with Crippen LogP contribution in [-0.2, 0) is 4.74 Å². The number of carbonyl (C=O) groups is 1. The van der Waals surface area contributed by atoms with Crippen molar-refractivity contribution < 1.29 is 14.6 Å². The summed E-state index contributed by atoms with van der Waals surface area (Å²) in [5.41, 5.74) is 2.44. The third-order valence-corrected chi connectivity index (χ3v) is 3.12. The Morgan fingerprint density at radius 3 is 2.88 bits per heavy atom. The second-order valence-electron chi connectivity index (χ2n) is 4.42. The van der Waals surface area contributed by atoms with Crippen molar-refractivity contribution >= 4 is 11.7 Å². The maximum absolute atomic E-state index is 10.9. The lowest BCUT2D eigenvalue weighted by atomic mass is 10.1. The molecule has 0 bridgehead atoms. The largest absolute Gasteiger partial charge is 0.478 e. The van der Waals surface area contributed by atoms with Gasteiger partial charge in [0, 0.05) is 18.3 Å². The van der Waals surface area contributed by atoms with E-state index in [0.717, 1.165) is 31.0 Å². The molecule has 1 aliphatic heterocycles. The molecular formula is C13H17NO3. The molecule has 0 spiro atoms. The lowest BCUT2D eigenvalue weighted by Crippen LogP contribution is -2.44. The molecule has 2 rings (SSSR count). The molecular weight excluding hydrogens is 218 g/mol. The van der Waals surface area contributed by atoms with Crippen LogP contribution in [0.3, 0.4) is 0 Å². The van der Waals surface area contributed by atoms with Crippen LogP contribution in [0.25, 0.3) is 0 Å². The number of aromatic carboxylic acids is 1. The second kappa shape index (κ2) is 4.75. The number of aryl methyl sites for hydroxylation is 1. The van der Waals surface area contributed by atoms with Crippen LogP contribution in [0, 0.1) is 6.92 Å². The number of carboxylic acid groups (broad SMARTS) is 1. The minimum atomic E-state index is -0.880. The predicted molar refractivity (Wildman–Crippen MR) is 65.8 cm³/mol. The van der Waals surface area contributed by atoms with Gasteiger partial charge in [-0.3, -0.25) is 0 Å². The summed E-state index contributed by atoms with van der Waals surface area (Å²) >= 11 is 0. The van der Waals surface area contributed by atoms with Gasteiger partial charge >= 0.3 is 5.97 Å². The van der Waals surface area contributed by atoms with E-state index in [1.54, 1.807) is 12.1 Å². The average Bonchev–Trinajstić information content (AvgIpc) is 2.30. The summed E-state index contributed by atoms with van der Waals surface area (Å²) in [6, 6.07) is 5.60. The van der Waals surface area contributed by atoms with Crippen LogP contribution in [0.4, 0.5) is 5.69 Å². The summed E-state index contributed by atoms with van der Waals surface area (Å²) in [6.07, 6.45) is 0. The van der Waals surface area contributed by atoms with Crippen LogP contribution in [0.5, 0.6) is 0 Å². The van der Waals surface area contributed by atoms with E-state index in [1.807, 2.05) is 13.0 Å². The van der Waals surface area contributed by atoms with E-state index in [0.29, 0.717) is 11.6 Å². The first-order valence-corrected chi connectivity index (χ1v) is 5.78. The first kappa shape index (κ1) is 11.9. The molecule has 4 heteroatoms. The summed E-state index contributed by atoms with van der Waals surface area (Å²) in [4.78, 5) is 13.1. The Bertz CT molecular complexity index is 431. The third kappa shape index (κ3) is 2.42. The molecule has 0 radical (unpaired) electrons. The van der Waals surface area contributed by atoms with E-state index in [9.17, 15) is 4.79 Å². The van der Waals surface area contributed by atoms with Crippen molar-refractivity contribution in [3.63, 3.8) is 0 Å². The van der Waals surface area contributed by atoms with Crippen molar-refractivity contribution in [1.29, 1.82) is 0 Å². The van der Waals surface area contributed by atoms with E-state index in [4.69, 9.17) is 9.84 Å². The van der Waals surface area contributed by atoms with Crippen LogP contribution >= 0.6 is 0 Å². The monoisotopic (exact) mass is 235 g/mol. The number of hydrogen-bond acceptors (Lipinski definition) is 3. The molecule has 1 heterocycles. The number of hydrogen-bond donors (Lipinski definition) is 1. The quantitative estimate of drug-likeness (QED) is 0.850. The standard InChI is InChI=1S/C13H17NO3/c1-9-7-11(13(15)16)3-4-12(9)14-5-6-17-8-10(14)2/h3-4,7,10H,5-6,8H2,1-2H3,(H,15,16). The van der Waals surface area contributed by atoms with Crippen LogP contribution in [0.15, 0.2) is 18.2 Å². The van der Waals surface area contributed by atoms with Crippen molar-refractivity contribution in [3.8, 4) is 0 Å². The Hall–Kier alpha value is -1.55. The Morgan fingerprint density at radius 1 is 1.53 bits per heavy atom. The molecule has 1 fully saturated rings. The van der Waals surface area contributed by atoms with Crippen LogP contribution in [-0.4, -0.2) is 36.9 Å². The maximum Gasteiger partial charge on any atom is 0.335 e. The molecule has 0 saturated carbocycles. The fourth-order valence-corrected chi connectivity index (χ4v) is 2.20. The minimum absolute atomic E-state index is 0.332. The van der Waals surface area contributed by atoms with E-state index in [2.05, 4.69) is 11.8 Å². The zero-order valence-electron chi connectivity index (χ0n) is 10.1. The fraction of sp³-hybridized carbons (Fsp3) is 0.462.